The summed E-state index contributed by atoms with van der Waals surface area (Å²) < 4.78 is 25.1. The zero-order valence-electron chi connectivity index (χ0n) is 10.2. The van der Waals surface area contributed by atoms with Gasteiger partial charge in [-0.3, -0.25) is 4.79 Å². The molecule has 0 unspecified atom stereocenters. The van der Waals surface area contributed by atoms with E-state index in [-0.39, 0.29) is 5.75 Å². The second kappa shape index (κ2) is 4.97. The maximum absolute atomic E-state index is 11.8. The summed E-state index contributed by atoms with van der Waals surface area (Å²) in [5, 5.41) is 3.18. The van der Waals surface area contributed by atoms with Gasteiger partial charge in [0.25, 0.3) is 5.91 Å². The minimum absolute atomic E-state index is 0.0365. The van der Waals surface area contributed by atoms with Crippen molar-refractivity contribution in [3.05, 3.63) is 29.3 Å². The quantitative estimate of drug-likeness (QED) is 0.858. The van der Waals surface area contributed by atoms with Crippen LogP contribution in [0.2, 0.25) is 0 Å². The summed E-state index contributed by atoms with van der Waals surface area (Å²) in [7, 11) is -3.51. The second-order valence-corrected chi connectivity index (χ2v) is 6.14. The van der Waals surface area contributed by atoms with Crippen LogP contribution in [0.5, 0.6) is 0 Å². The molecule has 2 rings (SSSR count). The standard InChI is InChI=1S/C12H16N2O3S/c1-2-7-18(16,17)14-12(15)10-3-4-11-9(8-10)5-6-13-11/h3-4,8,13H,2,5-7H2,1H3,(H,14,15). The minimum Gasteiger partial charge on any atom is -0.384 e. The van der Waals surface area contributed by atoms with Gasteiger partial charge < -0.3 is 5.32 Å². The Kier molecular flexibility index (Phi) is 3.56. The summed E-state index contributed by atoms with van der Waals surface area (Å²) in [6, 6.07) is 5.18. The number of nitrogens with one attached hydrogen (secondary N) is 2. The molecule has 1 amide bonds. The highest BCUT2D eigenvalue weighted by molar-refractivity contribution is 7.90. The first kappa shape index (κ1) is 12.9. The number of carbonyl (C=O) groups excluding carboxylic acids is 1. The Bertz CT molecular complexity index is 567. The monoisotopic (exact) mass is 268 g/mol. The molecule has 18 heavy (non-hydrogen) atoms. The van der Waals surface area contributed by atoms with Crippen LogP contribution in [0.25, 0.3) is 0 Å². The third-order valence-corrected chi connectivity index (χ3v) is 4.24. The molecule has 0 spiro atoms. The number of hydrogen-bond acceptors (Lipinski definition) is 4. The van der Waals surface area contributed by atoms with Gasteiger partial charge in [-0.25, -0.2) is 13.1 Å². The molecule has 98 valence electrons. The van der Waals surface area contributed by atoms with E-state index in [2.05, 4.69) is 10.0 Å². The molecule has 1 aromatic rings. The fourth-order valence-corrected chi connectivity index (χ4v) is 3.01. The first-order chi connectivity index (χ1) is 8.52. The number of rotatable bonds is 4. The van der Waals surface area contributed by atoms with Crippen molar-refractivity contribution >= 4 is 21.6 Å². The summed E-state index contributed by atoms with van der Waals surface area (Å²) >= 11 is 0. The number of anilines is 1. The van der Waals surface area contributed by atoms with Gasteiger partial charge in [-0.2, -0.15) is 0 Å². The number of benzene rings is 1. The molecule has 0 fully saturated rings. The largest absolute Gasteiger partial charge is 0.384 e. The normalized spacial score (nSPS) is 13.8. The third-order valence-electron chi connectivity index (χ3n) is 2.80. The smallest absolute Gasteiger partial charge is 0.264 e. The first-order valence-corrected chi connectivity index (χ1v) is 7.58. The Hall–Kier alpha value is -1.56. The number of amides is 1. The van der Waals surface area contributed by atoms with Crippen molar-refractivity contribution in [2.75, 3.05) is 17.6 Å². The summed E-state index contributed by atoms with van der Waals surface area (Å²) in [5.74, 6) is -0.594. The van der Waals surface area contributed by atoms with Crippen LogP contribution in [0.15, 0.2) is 18.2 Å². The zero-order chi connectivity index (χ0) is 13.2. The van der Waals surface area contributed by atoms with Crippen molar-refractivity contribution in [3.63, 3.8) is 0 Å². The van der Waals surface area contributed by atoms with Gasteiger partial charge in [0.15, 0.2) is 0 Å². The van der Waals surface area contributed by atoms with Crippen LogP contribution in [-0.2, 0) is 16.4 Å². The van der Waals surface area contributed by atoms with Crippen LogP contribution in [0.1, 0.15) is 29.3 Å². The van der Waals surface area contributed by atoms with Gasteiger partial charge in [-0.1, -0.05) is 6.92 Å². The molecular weight excluding hydrogens is 252 g/mol. The van der Waals surface area contributed by atoms with E-state index in [0.29, 0.717) is 12.0 Å². The highest BCUT2D eigenvalue weighted by Gasteiger charge is 2.17. The topological polar surface area (TPSA) is 75.3 Å². The van der Waals surface area contributed by atoms with E-state index in [9.17, 15) is 13.2 Å². The maximum atomic E-state index is 11.8. The van der Waals surface area contributed by atoms with Gasteiger partial charge in [0.1, 0.15) is 0 Å². The fraction of sp³-hybridized carbons (Fsp3) is 0.417. The zero-order valence-corrected chi connectivity index (χ0v) is 11.0. The molecule has 0 saturated carbocycles. The maximum Gasteiger partial charge on any atom is 0.264 e. The molecule has 6 heteroatoms. The molecule has 1 aromatic carbocycles. The van der Waals surface area contributed by atoms with Crippen molar-refractivity contribution in [1.82, 2.24) is 4.72 Å². The summed E-state index contributed by atoms with van der Waals surface area (Å²) in [6.07, 6.45) is 1.34. The predicted molar refractivity (Wildman–Crippen MR) is 70.2 cm³/mol. The van der Waals surface area contributed by atoms with Crippen molar-refractivity contribution in [1.29, 1.82) is 0 Å². The molecule has 0 saturated heterocycles. The lowest BCUT2D eigenvalue weighted by Crippen LogP contribution is -2.32. The molecular formula is C12H16N2O3S. The highest BCUT2D eigenvalue weighted by Crippen LogP contribution is 2.22. The third kappa shape index (κ3) is 2.81. The van der Waals surface area contributed by atoms with E-state index in [1.807, 2.05) is 6.07 Å². The first-order valence-electron chi connectivity index (χ1n) is 5.93. The Morgan fingerprint density at radius 1 is 1.44 bits per heavy atom. The van der Waals surface area contributed by atoms with Crippen LogP contribution in [0.3, 0.4) is 0 Å². The fourth-order valence-electron chi connectivity index (χ4n) is 1.97. The van der Waals surface area contributed by atoms with Gasteiger partial charge in [-0.05, 0) is 36.6 Å². The molecule has 0 bridgehead atoms. The van der Waals surface area contributed by atoms with E-state index in [4.69, 9.17) is 0 Å². The lowest BCUT2D eigenvalue weighted by atomic mass is 10.1. The van der Waals surface area contributed by atoms with Gasteiger partial charge in [0, 0.05) is 17.8 Å². The van der Waals surface area contributed by atoms with Crippen molar-refractivity contribution in [2.24, 2.45) is 0 Å². The number of fused-ring (bicyclic) bond motifs is 1. The average molecular weight is 268 g/mol. The van der Waals surface area contributed by atoms with Crippen molar-refractivity contribution < 1.29 is 13.2 Å². The molecule has 0 aliphatic carbocycles. The van der Waals surface area contributed by atoms with Gasteiger partial charge >= 0.3 is 0 Å². The van der Waals surface area contributed by atoms with E-state index in [1.54, 1.807) is 19.1 Å². The summed E-state index contributed by atoms with van der Waals surface area (Å²) in [4.78, 5) is 11.8. The summed E-state index contributed by atoms with van der Waals surface area (Å²) in [6.45, 7) is 2.61. The Balaban J connectivity index is 2.15. The molecule has 0 atom stereocenters. The summed E-state index contributed by atoms with van der Waals surface area (Å²) in [5.41, 5.74) is 2.45. The Labute approximate surface area is 107 Å². The Morgan fingerprint density at radius 2 is 2.22 bits per heavy atom. The molecule has 1 aliphatic rings. The predicted octanol–water partition coefficient (Wildman–Crippen LogP) is 1.12. The van der Waals surface area contributed by atoms with Crippen LogP contribution in [0.4, 0.5) is 5.69 Å². The number of carbonyl (C=O) groups is 1. The van der Waals surface area contributed by atoms with Crippen molar-refractivity contribution in [2.45, 2.75) is 19.8 Å². The van der Waals surface area contributed by atoms with Gasteiger partial charge in [-0.15, -0.1) is 0 Å². The molecule has 0 aromatic heterocycles. The molecule has 1 aliphatic heterocycles. The molecule has 0 radical (unpaired) electrons. The minimum atomic E-state index is -3.51. The van der Waals surface area contributed by atoms with Gasteiger partial charge in [0.2, 0.25) is 10.0 Å². The van der Waals surface area contributed by atoms with Crippen LogP contribution in [-0.4, -0.2) is 26.6 Å². The van der Waals surface area contributed by atoms with E-state index >= 15 is 0 Å². The Morgan fingerprint density at radius 3 is 2.94 bits per heavy atom. The highest BCUT2D eigenvalue weighted by atomic mass is 32.2. The number of sulfonamides is 1. The van der Waals surface area contributed by atoms with E-state index in [1.165, 1.54) is 0 Å². The van der Waals surface area contributed by atoms with Crippen LogP contribution in [0, 0.1) is 0 Å². The molecule has 2 N–H and O–H groups in total. The average Bonchev–Trinajstić information content (AvgIpc) is 2.74. The lowest BCUT2D eigenvalue weighted by Gasteiger charge is -2.07. The molecule has 5 nitrogen and oxygen atoms in total. The second-order valence-electron chi connectivity index (χ2n) is 4.30. The van der Waals surface area contributed by atoms with E-state index in [0.717, 1.165) is 24.2 Å². The van der Waals surface area contributed by atoms with Crippen LogP contribution < -0.4 is 10.0 Å². The number of hydrogen-bond donors (Lipinski definition) is 2. The van der Waals surface area contributed by atoms with Gasteiger partial charge in [0.05, 0.1) is 5.75 Å². The van der Waals surface area contributed by atoms with Crippen molar-refractivity contribution in [3.8, 4) is 0 Å². The lowest BCUT2D eigenvalue weighted by molar-refractivity contribution is 0.0981. The van der Waals surface area contributed by atoms with Crippen LogP contribution >= 0.6 is 0 Å². The SMILES string of the molecule is CCCS(=O)(=O)NC(=O)c1ccc2c(c1)CCN2. The molecule has 1 heterocycles. The van der Waals surface area contributed by atoms with E-state index < -0.39 is 15.9 Å².